The molecule has 0 N–H and O–H groups in total. The Morgan fingerprint density at radius 2 is 1.95 bits per heavy atom. The lowest BCUT2D eigenvalue weighted by molar-refractivity contribution is -0.140. The minimum atomic E-state index is -0.341. The molecule has 0 aromatic carbocycles. The monoisotopic (exact) mass is 297 g/mol. The van der Waals surface area contributed by atoms with Crippen LogP contribution in [-0.4, -0.2) is 53.7 Å². The van der Waals surface area contributed by atoms with Crippen molar-refractivity contribution >= 4 is 23.6 Å². The second kappa shape index (κ2) is 7.23. The lowest BCUT2D eigenvalue weighted by Crippen LogP contribution is -2.30. The summed E-state index contributed by atoms with van der Waals surface area (Å²) in [6.45, 7) is 3.88. The molecule has 20 heavy (non-hydrogen) atoms. The van der Waals surface area contributed by atoms with Crippen molar-refractivity contribution in [3.05, 3.63) is 17.1 Å². The summed E-state index contributed by atoms with van der Waals surface area (Å²) in [7, 11) is 2.97. The van der Waals surface area contributed by atoms with Crippen molar-refractivity contribution in [1.82, 2.24) is 14.9 Å². The molecule has 0 aliphatic rings. The van der Waals surface area contributed by atoms with Gasteiger partial charge in [0.2, 0.25) is 0 Å². The molecule has 110 valence electrons. The maximum Gasteiger partial charge on any atom is 0.307 e. The highest BCUT2D eigenvalue weighted by molar-refractivity contribution is 7.98. The van der Waals surface area contributed by atoms with Crippen LogP contribution in [0.15, 0.2) is 5.03 Å². The van der Waals surface area contributed by atoms with E-state index in [0.29, 0.717) is 28.7 Å². The number of hydrogen-bond acceptors (Lipinski definition) is 6. The summed E-state index contributed by atoms with van der Waals surface area (Å²) in [6.07, 6.45) is 2.03. The number of esters is 1. The van der Waals surface area contributed by atoms with Gasteiger partial charge in [-0.2, -0.15) is 0 Å². The number of methoxy groups -OCH3 is 1. The van der Waals surface area contributed by atoms with Gasteiger partial charge in [0.15, 0.2) is 0 Å². The highest BCUT2D eigenvalue weighted by Crippen LogP contribution is 2.21. The molecule has 6 nitrogen and oxygen atoms in total. The predicted octanol–water partition coefficient (Wildman–Crippen LogP) is 1.45. The fourth-order valence-electron chi connectivity index (χ4n) is 1.73. The van der Waals surface area contributed by atoms with Crippen LogP contribution in [-0.2, 0) is 9.53 Å². The summed E-state index contributed by atoms with van der Waals surface area (Å²) in [4.78, 5) is 33.6. The molecule has 0 aliphatic carbocycles. The highest BCUT2D eigenvalue weighted by atomic mass is 32.2. The van der Waals surface area contributed by atoms with Crippen LogP contribution in [0.25, 0.3) is 0 Å². The number of carbonyl (C=O) groups excluding carboxylic acids is 2. The summed E-state index contributed by atoms with van der Waals surface area (Å²) in [6, 6.07) is 0. The number of amides is 1. The third-order valence-corrected chi connectivity index (χ3v) is 3.48. The Morgan fingerprint density at radius 1 is 1.30 bits per heavy atom. The molecule has 1 aromatic heterocycles. The lowest BCUT2D eigenvalue weighted by atomic mass is 10.2. The fourth-order valence-corrected chi connectivity index (χ4v) is 2.39. The van der Waals surface area contributed by atoms with E-state index < -0.39 is 0 Å². The topological polar surface area (TPSA) is 72.4 Å². The van der Waals surface area contributed by atoms with Crippen molar-refractivity contribution < 1.29 is 14.3 Å². The van der Waals surface area contributed by atoms with E-state index in [9.17, 15) is 9.59 Å². The van der Waals surface area contributed by atoms with Gasteiger partial charge in [-0.1, -0.05) is 0 Å². The molecule has 7 heteroatoms. The van der Waals surface area contributed by atoms with Crippen LogP contribution < -0.4 is 0 Å². The van der Waals surface area contributed by atoms with Crippen LogP contribution in [0.2, 0.25) is 0 Å². The van der Waals surface area contributed by atoms with Crippen molar-refractivity contribution in [1.29, 1.82) is 0 Å². The van der Waals surface area contributed by atoms with Crippen molar-refractivity contribution in [2.45, 2.75) is 25.3 Å². The molecule has 0 atom stereocenters. The van der Waals surface area contributed by atoms with Gasteiger partial charge in [-0.15, -0.1) is 11.8 Å². The van der Waals surface area contributed by atoms with E-state index in [1.165, 1.54) is 23.8 Å². The molecule has 0 radical (unpaired) electrons. The Kier molecular flexibility index (Phi) is 5.94. The predicted molar refractivity (Wildman–Crippen MR) is 76.9 cm³/mol. The third-order valence-electron chi connectivity index (χ3n) is 2.80. The van der Waals surface area contributed by atoms with Crippen molar-refractivity contribution in [2.24, 2.45) is 0 Å². The molecular weight excluding hydrogens is 278 g/mol. The normalized spacial score (nSPS) is 10.2. The molecule has 0 saturated heterocycles. The fraction of sp³-hybridized carbons (Fsp3) is 0.538. The first-order valence-electron chi connectivity index (χ1n) is 6.12. The van der Waals surface area contributed by atoms with Crippen LogP contribution in [0.5, 0.6) is 0 Å². The van der Waals surface area contributed by atoms with E-state index >= 15 is 0 Å². The number of carbonyl (C=O) groups is 2. The molecule has 1 rings (SSSR count). The number of thioether (sulfide) groups is 1. The van der Waals surface area contributed by atoms with Gasteiger partial charge in [0.25, 0.3) is 5.91 Å². The van der Waals surface area contributed by atoms with Gasteiger partial charge in [-0.05, 0) is 20.1 Å². The second-order valence-corrected chi connectivity index (χ2v) is 5.09. The van der Waals surface area contributed by atoms with Gasteiger partial charge in [0.05, 0.1) is 24.8 Å². The van der Waals surface area contributed by atoms with E-state index in [2.05, 4.69) is 14.7 Å². The highest BCUT2D eigenvalue weighted by Gasteiger charge is 2.21. The lowest BCUT2D eigenvalue weighted by Gasteiger charge is -2.19. The van der Waals surface area contributed by atoms with E-state index in [-0.39, 0.29) is 18.3 Å². The van der Waals surface area contributed by atoms with Crippen LogP contribution >= 0.6 is 11.8 Å². The summed E-state index contributed by atoms with van der Waals surface area (Å²) in [5.41, 5.74) is 1.15. The average Bonchev–Trinajstić information content (AvgIpc) is 2.42. The molecule has 0 aliphatic heterocycles. The SMILES string of the molecule is COC(=O)CCN(C)C(=O)c1c(C)nc(C)nc1SC. The van der Waals surface area contributed by atoms with Gasteiger partial charge in [0.1, 0.15) is 10.9 Å². The zero-order valence-electron chi connectivity index (χ0n) is 12.4. The van der Waals surface area contributed by atoms with E-state index in [4.69, 9.17) is 0 Å². The van der Waals surface area contributed by atoms with Gasteiger partial charge in [-0.25, -0.2) is 9.97 Å². The number of aromatic nitrogens is 2. The summed E-state index contributed by atoms with van der Waals surface area (Å²) >= 11 is 1.41. The molecule has 1 aromatic rings. The standard InChI is InChI=1S/C13H19N3O3S/c1-8-11(12(20-5)15-9(2)14-8)13(18)16(3)7-6-10(17)19-4/h6-7H2,1-5H3. The second-order valence-electron chi connectivity index (χ2n) is 4.29. The quantitative estimate of drug-likeness (QED) is 0.465. The van der Waals surface area contributed by atoms with Crippen molar-refractivity contribution in [2.75, 3.05) is 27.0 Å². The van der Waals surface area contributed by atoms with Crippen molar-refractivity contribution in [3.8, 4) is 0 Å². The Hall–Kier alpha value is -1.63. The van der Waals surface area contributed by atoms with Crippen LogP contribution in [0.3, 0.4) is 0 Å². The van der Waals surface area contributed by atoms with E-state index in [1.807, 2.05) is 6.26 Å². The van der Waals surface area contributed by atoms with Crippen molar-refractivity contribution in [3.63, 3.8) is 0 Å². The summed E-state index contributed by atoms with van der Waals surface area (Å²) in [5, 5.41) is 0.657. The molecular formula is C13H19N3O3S. The summed E-state index contributed by atoms with van der Waals surface area (Å²) < 4.78 is 4.56. The number of nitrogens with zero attached hydrogens (tertiary/aromatic N) is 3. The smallest absolute Gasteiger partial charge is 0.307 e. The van der Waals surface area contributed by atoms with Gasteiger partial charge in [-0.3, -0.25) is 9.59 Å². The van der Waals surface area contributed by atoms with Gasteiger partial charge >= 0.3 is 5.97 Å². The number of aryl methyl sites for hydroxylation is 2. The molecule has 0 bridgehead atoms. The van der Waals surface area contributed by atoms with Gasteiger partial charge < -0.3 is 9.64 Å². The maximum absolute atomic E-state index is 12.4. The number of hydrogen-bond donors (Lipinski definition) is 0. The zero-order chi connectivity index (χ0) is 15.3. The first-order valence-corrected chi connectivity index (χ1v) is 7.34. The number of rotatable bonds is 5. The van der Waals surface area contributed by atoms with E-state index in [1.54, 1.807) is 20.9 Å². The minimum Gasteiger partial charge on any atom is -0.469 e. The average molecular weight is 297 g/mol. The first kappa shape index (κ1) is 16.4. The molecule has 0 spiro atoms. The van der Waals surface area contributed by atoms with Crippen LogP contribution in [0.4, 0.5) is 0 Å². The largest absolute Gasteiger partial charge is 0.469 e. The molecule has 1 heterocycles. The molecule has 0 fully saturated rings. The Balaban J connectivity index is 2.94. The Labute approximate surface area is 122 Å². The molecule has 0 unspecified atom stereocenters. The number of ether oxygens (including phenoxy) is 1. The Bertz CT molecular complexity index is 520. The first-order chi connectivity index (χ1) is 9.40. The minimum absolute atomic E-state index is 0.166. The Morgan fingerprint density at radius 3 is 2.50 bits per heavy atom. The van der Waals surface area contributed by atoms with Crippen LogP contribution in [0.1, 0.15) is 28.3 Å². The van der Waals surface area contributed by atoms with Crippen LogP contribution in [0, 0.1) is 13.8 Å². The summed E-state index contributed by atoms with van der Waals surface area (Å²) in [5.74, 6) is 0.114. The maximum atomic E-state index is 12.4. The van der Waals surface area contributed by atoms with Gasteiger partial charge in [0, 0.05) is 13.6 Å². The molecule has 1 amide bonds. The third kappa shape index (κ3) is 3.93. The zero-order valence-corrected chi connectivity index (χ0v) is 13.2. The van der Waals surface area contributed by atoms with E-state index in [0.717, 1.165) is 0 Å². The molecule has 0 saturated carbocycles.